The monoisotopic (exact) mass is 474 g/mol. The van der Waals surface area contributed by atoms with Gasteiger partial charge in [-0.3, -0.25) is 9.59 Å². The van der Waals surface area contributed by atoms with Crippen molar-refractivity contribution in [2.45, 2.75) is 12.8 Å². The summed E-state index contributed by atoms with van der Waals surface area (Å²) >= 11 is 0. The first-order chi connectivity index (χ1) is 17.1. The van der Waals surface area contributed by atoms with Crippen molar-refractivity contribution in [1.29, 1.82) is 0 Å². The van der Waals surface area contributed by atoms with Crippen LogP contribution in [0.4, 0.5) is 4.39 Å². The van der Waals surface area contributed by atoms with Gasteiger partial charge >= 0.3 is 0 Å². The minimum Gasteiger partial charge on any atom is -0.486 e. The summed E-state index contributed by atoms with van der Waals surface area (Å²) in [7, 11) is 0. The highest BCUT2D eigenvalue weighted by Crippen LogP contribution is 2.34. The predicted octanol–water partition coefficient (Wildman–Crippen LogP) is 4.55. The number of para-hydroxylation sites is 1. The number of hydrogen-bond donors (Lipinski definition) is 1. The Morgan fingerprint density at radius 3 is 2.46 bits per heavy atom. The molecular weight excluding hydrogens is 447 g/mol. The number of amides is 2. The largest absolute Gasteiger partial charge is 0.486 e. The Balaban J connectivity index is 1.30. The van der Waals surface area contributed by atoms with Gasteiger partial charge in [-0.15, -0.1) is 0 Å². The Morgan fingerprint density at radius 2 is 1.66 bits per heavy atom. The standard InChI is InChI=1S/C28H27FN2O4/c29-21-12-10-20(11-13-21)22-4-1-2-5-23(22)28(33)31(18-19-8-9-19)15-14-30-27(32)24-6-3-7-25-26(24)35-17-16-34-25/h1-7,10-13,19H,8-9,14-18H2,(H,30,32). The first kappa shape index (κ1) is 22.9. The van der Waals surface area contributed by atoms with Crippen molar-refractivity contribution < 1.29 is 23.5 Å². The summed E-state index contributed by atoms with van der Waals surface area (Å²) in [6.07, 6.45) is 2.20. The van der Waals surface area contributed by atoms with Crippen LogP contribution in [-0.4, -0.2) is 49.6 Å². The Kier molecular flexibility index (Phi) is 6.66. The van der Waals surface area contributed by atoms with Gasteiger partial charge in [-0.25, -0.2) is 4.39 Å². The lowest BCUT2D eigenvalue weighted by molar-refractivity contribution is 0.0741. The summed E-state index contributed by atoms with van der Waals surface area (Å²) in [5.74, 6) is 0.819. The maximum atomic E-state index is 13.6. The third kappa shape index (κ3) is 5.29. The molecule has 0 saturated heterocycles. The zero-order valence-electron chi connectivity index (χ0n) is 19.3. The van der Waals surface area contributed by atoms with Crippen molar-refractivity contribution in [3.8, 4) is 22.6 Å². The minimum absolute atomic E-state index is 0.0973. The number of fused-ring (bicyclic) bond motifs is 1. The first-order valence-corrected chi connectivity index (χ1v) is 11.9. The van der Waals surface area contributed by atoms with Crippen LogP contribution in [0.2, 0.25) is 0 Å². The van der Waals surface area contributed by atoms with Crippen molar-refractivity contribution >= 4 is 11.8 Å². The molecule has 3 aromatic carbocycles. The highest BCUT2D eigenvalue weighted by molar-refractivity contribution is 6.01. The molecule has 1 fully saturated rings. The second-order valence-electron chi connectivity index (χ2n) is 8.83. The maximum absolute atomic E-state index is 13.6. The smallest absolute Gasteiger partial charge is 0.255 e. The van der Waals surface area contributed by atoms with Gasteiger partial charge in [0.15, 0.2) is 11.5 Å². The molecule has 0 aromatic heterocycles. The van der Waals surface area contributed by atoms with Gasteiger partial charge in [0.05, 0.1) is 5.56 Å². The van der Waals surface area contributed by atoms with Crippen molar-refractivity contribution in [2.75, 3.05) is 32.8 Å². The van der Waals surface area contributed by atoms with Crippen LogP contribution >= 0.6 is 0 Å². The topological polar surface area (TPSA) is 67.9 Å². The van der Waals surface area contributed by atoms with E-state index in [0.29, 0.717) is 61.4 Å². The van der Waals surface area contributed by atoms with E-state index >= 15 is 0 Å². The highest BCUT2D eigenvalue weighted by atomic mass is 19.1. The van der Waals surface area contributed by atoms with E-state index in [9.17, 15) is 14.0 Å². The molecule has 2 amide bonds. The number of benzene rings is 3. The van der Waals surface area contributed by atoms with Gasteiger partial charge in [-0.2, -0.15) is 0 Å². The molecule has 0 bridgehead atoms. The molecule has 180 valence electrons. The van der Waals surface area contributed by atoms with Gasteiger partial charge < -0.3 is 19.7 Å². The molecule has 35 heavy (non-hydrogen) atoms. The minimum atomic E-state index is -0.319. The fraction of sp³-hybridized carbons (Fsp3) is 0.286. The molecule has 1 aliphatic carbocycles. The number of carbonyl (C=O) groups excluding carboxylic acids is 2. The summed E-state index contributed by atoms with van der Waals surface area (Å²) in [6.45, 7) is 2.18. The lowest BCUT2D eigenvalue weighted by Crippen LogP contribution is -2.40. The van der Waals surface area contributed by atoms with Crippen molar-refractivity contribution in [2.24, 2.45) is 5.92 Å². The average molecular weight is 475 g/mol. The predicted molar refractivity (Wildman–Crippen MR) is 130 cm³/mol. The van der Waals surface area contributed by atoms with Crippen LogP contribution in [0.5, 0.6) is 11.5 Å². The fourth-order valence-electron chi connectivity index (χ4n) is 4.26. The number of nitrogens with zero attached hydrogens (tertiary/aromatic N) is 1. The lowest BCUT2D eigenvalue weighted by atomic mass is 9.98. The molecule has 3 aromatic rings. The average Bonchev–Trinajstić information content (AvgIpc) is 3.72. The summed E-state index contributed by atoms with van der Waals surface area (Å²) in [6, 6.07) is 18.8. The number of carbonyl (C=O) groups is 2. The van der Waals surface area contributed by atoms with Gasteiger partial charge in [-0.05, 0) is 60.2 Å². The molecule has 6 nitrogen and oxygen atoms in total. The fourth-order valence-corrected chi connectivity index (χ4v) is 4.26. The number of rotatable bonds is 8. The SMILES string of the molecule is O=C(NCCN(CC1CC1)C(=O)c1ccccc1-c1ccc(F)cc1)c1cccc2c1OCCO2. The summed E-state index contributed by atoms with van der Waals surface area (Å²) in [4.78, 5) is 28.3. The third-order valence-electron chi connectivity index (χ3n) is 6.25. The number of nitrogens with one attached hydrogen (secondary N) is 1. The maximum Gasteiger partial charge on any atom is 0.255 e. The van der Waals surface area contributed by atoms with E-state index in [2.05, 4.69) is 5.32 Å². The van der Waals surface area contributed by atoms with Gasteiger partial charge in [0, 0.05) is 25.2 Å². The van der Waals surface area contributed by atoms with E-state index in [1.54, 1.807) is 41.3 Å². The van der Waals surface area contributed by atoms with E-state index in [0.717, 1.165) is 24.0 Å². The third-order valence-corrected chi connectivity index (χ3v) is 6.25. The summed E-state index contributed by atoms with van der Waals surface area (Å²) in [5, 5.41) is 2.92. The molecular formula is C28H27FN2O4. The second-order valence-corrected chi connectivity index (χ2v) is 8.83. The van der Waals surface area contributed by atoms with Gasteiger partial charge in [0.25, 0.3) is 11.8 Å². The first-order valence-electron chi connectivity index (χ1n) is 11.9. The Hall–Kier alpha value is -3.87. The van der Waals surface area contributed by atoms with Gasteiger partial charge in [0.1, 0.15) is 19.0 Å². The van der Waals surface area contributed by atoms with Crippen LogP contribution in [0.1, 0.15) is 33.6 Å². The van der Waals surface area contributed by atoms with Crippen LogP contribution in [0.15, 0.2) is 66.7 Å². The van der Waals surface area contributed by atoms with E-state index in [-0.39, 0.29) is 17.6 Å². The zero-order chi connectivity index (χ0) is 24.2. The van der Waals surface area contributed by atoms with E-state index in [4.69, 9.17) is 9.47 Å². The number of halogens is 1. The highest BCUT2D eigenvalue weighted by Gasteiger charge is 2.28. The van der Waals surface area contributed by atoms with Gasteiger partial charge in [0.2, 0.25) is 0 Å². The van der Waals surface area contributed by atoms with Crippen LogP contribution in [0.3, 0.4) is 0 Å². The normalized spacial score (nSPS) is 14.3. The second kappa shape index (κ2) is 10.2. The molecule has 1 N–H and O–H groups in total. The molecule has 1 saturated carbocycles. The molecule has 0 radical (unpaired) electrons. The molecule has 5 rings (SSSR count). The number of hydrogen-bond acceptors (Lipinski definition) is 4. The molecule has 0 unspecified atom stereocenters. The molecule has 0 spiro atoms. The van der Waals surface area contributed by atoms with Crippen LogP contribution < -0.4 is 14.8 Å². The van der Waals surface area contributed by atoms with E-state index < -0.39 is 0 Å². The quantitative estimate of drug-likeness (QED) is 0.520. The van der Waals surface area contributed by atoms with Crippen LogP contribution in [-0.2, 0) is 0 Å². The Morgan fingerprint density at radius 1 is 0.914 bits per heavy atom. The molecule has 1 heterocycles. The van der Waals surface area contributed by atoms with Crippen LogP contribution in [0, 0.1) is 11.7 Å². The van der Waals surface area contributed by atoms with Gasteiger partial charge in [-0.1, -0.05) is 36.4 Å². The summed E-state index contributed by atoms with van der Waals surface area (Å²) < 4.78 is 24.6. The Bertz CT molecular complexity index is 1220. The van der Waals surface area contributed by atoms with Crippen molar-refractivity contribution in [1.82, 2.24) is 10.2 Å². The Labute approximate surface area is 203 Å². The molecule has 2 aliphatic rings. The molecule has 7 heteroatoms. The van der Waals surface area contributed by atoms with Crippen molar-refractivity contribution in [3.63, 3.8) is 0 Å². The van der Waals surface area contributed by atoms with Crippen molar-refractivity contribution in [3.05, 3.63) is 83.7 Å². The van der Waals surface area contributed by atoms with Crippen LogP contribution in [0.25, 0.3) is 11.1 Å². The van der Waals surface area contributed by atoms with E-state index in [1.807, 2.05) is 18.2 Å². The molecule has 0 atom stereocenters. The van der Waals surface area contributed by atoms with E-state index in [1.165, 1.54) is 12.1 Å². The number of ether oxygens (including phenoxy) is 2. The zero-order valence-corrected chi connectivity index (χ0v) is 19.3. The molecule has 1 aliphatic heterocycles. The lowest BCUT2D eigenvalue weighted by Gasteiger charge is -2.25. The summed E-state index contributed by atoms with van der Waals surface area (Å²) in [5.41, 5.74) is 2.53.